The Morgan fingerprint density at radius 2 is 1.09 bits per heavy atom. The molecule has 1 aliphatic heterocycles. The maximum Gasteiger partial charge on any atom is 0.306 e. The van der Waals surface area contributed by atoms with E-state index in [1.807, 2.05) is 0 Å². The molecule has 0 aromatic heterocycles. The van der Waals surface area contributed by atoms with Crippen molar-refractivity contribution in [2.75, 3.05) is 19.0 Å². The van der Waals surface area contributed by atoms with Crippen molar-refractivity contribution in [3.8, 4) is 0 Å². The van der Waals surface area contributed by atoms with Gasteiger partial charge in [-0.2, -0.15) is 8.42 Å². The van der Waals surface area contributed by atoms with Crippen molar-refractivity contribution < 1.29 is 56.8 Å². The van der Waals surface area contributed by atoms with Crippen LogP contribution in [0.25, 0.3) is 0 Å². The SMILES string of the molecule is CCCCC/C=C/C/C=C/CCCCCCCC(=O)O[C@H](COC(=O)CCCCCCC/C=C/C=C/CCCCCC)CO[C@H]1O[C@H](CS(=O)(=O)O)[C@@H](O)C(O)C1O. The Bertz CT molecular complexity index is 1260. The maximum atomic E-state index is 12.8. The van der Waals surface area contributed by atoms with E-state index in [1.165, 1.54) is 44.9 Å². The summed E-state index contributed by atoms with van der Waals surface area (Å²) in [5.74, 6) is -2.02. The fourth-order valence-corrected chi connectivity index (χ4v) is 7.09. The number of aliphatic hydroxyl groups is 3. The highest BCUT2D eigenvalue weighted by Gasteiger charge is 2.46. The van der Waals surface area contributed by atoms with Crippen LogP contribution in [0, 0.1) is 0 Å². The van der Waals surface area contributed by atoms with E-state index < -0.39 is 71.2 Å². The highest BCUT2D eigenvalue weighted by molar-refractivity contribution is 7.85. The van der Waals surface area contributed by atoms with Gasteiger partial charge in [-0.3, -0.25) is 14.1 Å². The first kappa shape index (κ1) is 53.6. The summed E-state index contributed by atoms with van der Waals surface area (Å²) in [5.41, 5.74) is 0. The zero-order valence-electron chi connectivity index (χ0n) is 35.6. The van der Waals surface area contributed by atoms with Gasteiger partial charge in [0.25, 0.3) is 10.1 Å². The van der Waals surface area contributed by atoms with Gasteiger partial charge in [0.1, 0.15) is 36.8 Å². The Labute approximate surface area is 350 Å². The van der Waals surface area contributed by atoms with Gasteiger partial charge in [-0.05, 0) is 70.6 Å². The van der Waals surface area contributed by atoms with Crippen LogP contribution in [-0.2, 0) is 38.7 Å². The molecule has 0 bridgehead atoms. The lowest BCUT2D eigenvalue weighted by atomic mass is 10.00. The second-order valence-corrected chi connectivity index (χ2v) is 16.9. The summed E-state index contributed by atoms with van der Waals surface area (Å²) in [4.78, 5) is 25.4. The van der Waals surface area contributed by atoms with Gasteiger partial charge in [0.15, 0.2) is 12.4 Å². The van der Waals surface area contributed by atoms with Crippen LogP contribution in [0.5, 0.6) is 0 Å². The van der Waals surface area contributed by atoms with Crippen LogP contribution >= 0.6 is 0 Å². The third-order valence-electron chi connectivity index (χ3n) is 9.91. The molecule has 1 heterocycles. The number of rotatable bonds is 36. The molecule has 1 fully saturated rings. The van der Waals surface area contributed by atoms with Gasteiger partial charge in [0.2, 0.25) is 0 Å². The highest BCUT2D eigenvalue weighted by atomic mass is 32.2. The molecular formula is C45H78O12S. The van der Waals surface area contributed by atoms with Crippen LogP contribution in [0.2, 0.25) is 0 Å². The predicted octanol–water partition coefficient (Wildman–Crippen LogP) is 8.78. The van der Waals surface area contributed by atoms with E-state index >= 15 is 0 Å². The molecule has 0 aromatic rings. The van der Waals surface area contributed by atoms with Crippen LogP contribution in [-0.4, -0.2) is 96.0 Å². The van der Waals surface area contributed by atoms with Crippen molar-refractivity contribution in [1.82, 2.24) is 0 Å². The quantitative estimate of drug-likeness (QED) is 0.0155. The first-order chi connectivity index (χ1) is 28.0. The first-order valence-electron chi connectivity index (χ1n) is 22.2. The molecule has 0 amide bonds. The highest BCUT2D eigenvalue weighted by Crippen LogP contribution is 2.24. The van der Waals surface area contributed by atoms with Gasteiger partial charge in [0, 0.05) is 12.8 Å². The van der Waals surface area contributed by atoms with Crippen molar-refractivity contribution in [2.24, 2.45) is 0 Å². The number of esters is 2. The molecule has 4 N–H and O–H groups in total. The molecule has 0 aliphatic carbocycles. The van der Waals surface area contributed by atoms with Crippen molar-refractivity contribution in [1.29, 1.82) is 0 Å². The van der Waals surface area contributed by atoms with E-state index in [1.54, 1.807) is 0 Å². The predicted molar refractivity (Wildman–Crippen MR) is 229 cm³/mol. The molecular weight excluding hydrogens is 765 g/mol. The van der Waals surface area contributed by atoms with Gasteiger partial charge >= 0.3 is 11.9 Å². The number of ether oxygens (including phenoxy) is 4. The molecule has 0 radical (unpaired) electrons. The summed E-state index contributed by atoms with van der Waals surface area (Å²) in [5, 5.41) is 30.9. The van der Waals surface area contributed by atoms with Crippen molar-refractivity contribution in [2.45, 2.75) is 205 Å². The Morgan fingerprint density at radius 1 is 0.603 bits per heavy atom. The lowest BCUT2D eigenvalue weighted by Crippen LogP contribution is -2.60. The molecule has 0 aromatic carbocycles. The molecule has 336 valence electrons. The number of allylic oxidation sites excluding steroid dienone is 8. The Morgan fingerprint density at radius 3 is 1.66 bits per heavy atom. The monoisotopic (exact) mass is 843 g/mol. The van der Waals surface area contributed by atoms with Crippen LogP contribution in [0.15, 0.2) is 48.6 Å². The largest absolute Gasteiger partial charge is 0.462 e. The smallest absolute Gasteiger partial charge is 0.306 e. The Balaban J connectivity index is 2.49. The van der Waals surface area contributed by atoms with Crippen molar-refractivity contribution in [3.63, 3.8) is 0 Å². The fourth-order valence-electron chi connectivity index (χ4n) is 6.40. The molecule has 12 nitrogen and oxygen atoms in total. The number of carbonyl (C=O) groups is 2. The molecule has 58 heavy (non-hydrogen) atoms. The summed E-state index contributed by atoms with van der Waals surface area (Å²) < 4.78 is 54.0. The summed E-state index contributed by atoms with van der Waals surface area (Å²) in [6.45, 7) is 3.68. The number of unbranched alkanes of at least 4 members (excludes halogenated alkanes) is 17. The number of carbonyl (C=O) groups excluding carboxylic acids is 2. The minimum absolute atomic E-state index is 0.143. The van der Waals surface area contributed by atoms with Crippen LogP contribution in [0.1, 0.15) is 168 Å². The average molecular weight is 843 g/mol. The first-order valence-corrected chi connectivity index (χ1v) is 23.8. The molecule has 1 aliphatic rings. The molecule has 6 atom stereocenters. The van der Waals surface area contributed by atoms with E-state index in [4.69, 9.17) is 18.9 Å². The zero-order valence-corrected chi connectivity index (χ0v) is 36.5. The second kappa shape index (κ2) is 35.4. The average Bonchev–Trinajstić information content (AvgIpc) is 3.18. The number of hydrogen-bond donors (Lipinski definition) is 4. The van der Waals surface area contributed by atoms with Gasteiger partial charge in [0.05, 0.1) is 6.61 Å². The van der Waals surface area contributed by atoms with Gasteiger partial charge in [-0.15, -0.1) is 0 Å². The lowest BCUT2D eigenvalue weighted by Gasteiger charge is -2.40. The van der Waals surface area contributed by atoms with E-state index in [2.05, 4.69) is 62.5 Å². The van der Waals surface area contributed by atoms with Gasteiger partial charge in [-0.25, -0.2) is 0 Å². The Hall–Kier alpha value is -2.39. The second-order valence-electron chi connectivity index (χ2n) is 15.4. The minimum Gasteiger partial charge on any atom is -0.462 e. The minimum atomic E-state index is -4.61. The molecule has 0 spiro atoms. The summed E-state index contributed by atoms with van der Waals surface area (Å²) in [6, 6.07) is 0. The molecule has 1 saturated heterocycles. The summed E-state index contributed by atoms with van der Waals surface area (Å²) >= 11 is 0. The normalized spacial score (nSPS) is 20.8. The van der Waals surface area contributed by atoms with E-state index in [9.17, 15) is 37.9 Å². The van der Waals surface area contributed by atoms with E-state index in [0.29, 0.717) is 12.8 Å². The van der Waals surface area contributed by atoms with Gasteiger partial charge in [-0.1, -0.05) is 133 Å². The van der Waals surface area contributed by atoms with Crippen molar-refractivity contribution >= 4 is 22.1 Å². The fraction of sp³-hybridized carbons (Fsp3) is 0.778. The molecule has 1 rings (SSSR count). The Kier molecular flexibility index (Phi) is 32.7. The lowest BCUT2D eigenvalue weighted by molar-refractivity contribution is -0.297. The standard InChI is InChI=1S/C45H78O12S/c1-3-5-7-9-11-13-15-17-19-21-23-25-27-29-31-33-40(46)54-35-38(36-55-45-44(50)43(49)42(48)39(57-45)37-58(51,52)53)56-41(47)34-32-30-28-26-24-22-20-18-16-14-12-10-8-6-4-2/h12-15,17-20,38-39,42-45,48-50H,3-11,16,21-37H2,1-2H3,(H,51,52,53)/b14-12+,15-13+,19-17+,20-18+/t38-,39-,42-,43?,44?,45+/m1/s1. The van der Waals surface area contributed by atoms with Gasteiger partial charge < -0.3 is 34.3 Å². The molecule has 2 unspecified atom stereocenters. The molecule has 13 heteroatoms. The topological polar surface area (TPSA) is 186 Å². The van der Waals surface area contributed by atoms with Crippen LogP contribution in [0.3, 0.4) is 0 Å². The third-order valence-corrected chi connectivity index (χ3v) is 10.7. The van der Waals surface area contributed by atoms with Crippen molar-refractivity contribution in [3.05, 3.63) is 48.6 Å². The molecule has 0 saturated carbocycles. The van der Waals surface area contributed by atoms with E-state index in [-0.39, 0.29) is 19.4 Å². The van der Waals surface area contributed by atoms with Crippen LogP contribution in [0.4, 0.5) is 0 Å². The van der Waals surface area contributed by atoms with E-state index in [0.717, 1.165) is 83.5 Å². The maximum absolute atomic E-state index is 12.8. The number of hydrogen-bond acceptors (Lipinski definition) is 11. The zero-order chi connectivity index (χ0) is 42.7. The number of aliphatic hydroxyl groups excluding tert-OH is 3. The summed E-state index contributed by atoms with van der Waals surface area (Å²) in [7, 11) is -4.61. The third kappa shape index (κ3) is 29.8. The van der Waals surface area contributed by atoms with Crippen LogP contribution < -0.4 is 0 Å². The summed E-state index contributed by atoms with van der Waals surface area (Å²) in [6.07, 6.45) is 31.5.